The number of anilines is 1. The summed E-state index contributed by atoms with van der Waals surface area (Å²) >= 11 is -0.697. The monoisotopic (exact) mass is 453 g/mol. The van der Waals surface area contributed by atoms with Crippen molar-refractivity contribution in [1.29, 1.82) is 0 Å². The summed E-state index contributed by atoms with van der Waals surface area (Å²) in [6.45, 7) is 5.00. The minimum absolute atomic E-state index is 0.0144. The number of amides is 1. The molecule has 6 nitrogen and oxygen atoms in total. The molecule has 0 saturated carbocycles. The van der Waals surface area contributed by atoms with E-state index in [9.17, 15) is 14.5 Å². The number of hydrogen-bond acceptors (Lipinski definition) is 5. The average molecular weight is 454 g/mol. The minimum Gasteiger partial charge on any atom is -0.616 e. The first-order valence-electron chi connectivity index (χ1n) is 11.6. The fourth-order valence-corrected chi connectivity index (χ4v) is 6.16. The van der Waals surface area contributed by atoms with Crippen molar-refractivity contribution in [2.75, 3.05) is 55.7 Å². The van der Waals surface area contributed by atoms with E-state index in [4.69, 9.17) is 0 Å². The van der Waals surface area contributed by atoms with Gasteiger partial charge in [-0.25, -0.2) is 0 Å². The largest absolute Gasteiger partial charge is 0.616 e. The Bertz CT molecular complexity index is 977. The van der Waals surface area contributed by atoms with Crippen molar-refractivity contribution in [3.8, 4) is 0 Å². The number of β-amino-alcohol motifs (C(OH)–C–C–N with tert-alkyl or cyclic N) is 1. The highest BCUT2D eigenvalue weighted by molar-refractivity contribution is 7.91. The van der Waals surface area contributed by atoms with Gasteiger partial charge in [0, 0.05) is 44.0 Å². The summed E-state index contributed by atoms with van der Waals surface area (Å²) in [5, 5.41) is 10.7. The zero-order valence-electron chi connectivity index (χ0n) is 18.4. The smallest absolute Gasteiger partial charge is 0.254 e. The molecule has 1 N–H and O–H groups in total. The van der Waals surface area contributed by atoms with Gasteiger partial charge in [0.25, 0.3) is 5.91 Å². The van der Waals surface area contributed by atoms with Crippen LogP contribution in [0.25, 0.3) is 0 Å². The van der Waals surface area contributed by atoms with Crippen molar-refractivity contribution in [2.45, 2.75) is 25.5 Å². The lowest BCUT2D eigenvalue weighted by molar-refractivity contribution is 0.0493. The fraction of sp³-hybridized carbons (Fsp3) is 0.480. The van der Waals surface area contributed by atoms with Gasteiger partial charge in [-0.1, -0.05) is 35.4 Å². The molecule has 3 aliphatic rings. The highest BCUT2D eigenvalue weighted by Crippen LogP contribution is 2.26. The van der Waals surface area contributed by atoms with Gasteiger partial charge in [-0.2, -0.15) is 0 Å². The van der Waals surface area contributed by atoms with Crippen LogP contribution in [0, 0.1) is 0 Å². The Balaban J connectivity index is 1.18. The third kappa shape index (κ3) is 4.66. The van der Waals surface area contributed by atoms with E-state index >= 15 is 0 Å². The highest BCUT2D eigenvalue weighted by atomic mass is 32.2. The predicted molar refractivity (Wildman–Crippen MR) is 128 cm³/mol. The third-order valence-corrected chi connectivity index (χ3v) is 8.19. The number of hydrogen-bond donors (Lipinski definition) is 1. The normalized spacial score (nSPS) is 20.8. The molecule has 0 unspecified atom stereocenters. The van der Waals surface area contributed by atoms with Crippen molar-refractivity contribution in [3.63, 3.8) is 0 Å². The molecule has 7 heteroatoms. The van der Waals surface area contributed by atoms with E-state index < -0.39 is 17.3 Å². The van der Waals surface area contributed by atoms with Crippen LogP contribution in [0.5, 0.6) is 0 Å². The molecule has 0 spiro atoms. The van der Waals surface area contributed by atoms with Crippen molar-refractivity contribution < 1.29 is 14.5 Å². The van der Waals surface area contributed by atoms with E-state index in [0.29, 0.717) is 31.1 Å². The standard InChI is InChI=1S/C25H31N3O3S/c29-23(17-26-9-7-19-3-1-2-4-21(19)16-26)18-28-10-8-20-15-22(5-6-24(20)25(28)30)27-11-13-32(31)14-12-27/h1-6,15,23,29H,7-14,16-18H2/t23-/m1/s1. The molecule has 0 aromatic heterocycles. The first-order valence-corrected chi connectivity index (χ1v) is 13.0. The topological polar surface area (TPSA) is 70.1 Å². The maximum Gasteiger partial charge on any atom is 0.254 e. The van der Waals surface area contributed by atoms with Gasteiger partial charge < -0.3 is 19.5 Å². The van der Waals surface area contributed by atoms with Crippen LogP contribution >= 0.6 is 0 Å². The number of nitrogens with zero attached hydrogens (tertiary/aromatic N) is 3. The summed E-state index contributed by atoms with van der Waals surface area (Å²) in [5.74, 6) is 1.44. The maximum atomic E-state index is 13.1. The minimum atomic E-state index is -0.697. The van der Waals surface area contributed by atoms with E-state index in [1.54, 1.807) is 4.90 Å². The van der Waals surface area contributed by atoms with Crippen LogP contribution in [0.3, 0.4) is 0 Å². The van der Waals surface area contributed by atoms with Crippen LogP contribution in [0.1, 0.15) is 27.0 Å². The molecule has 3 aliphatic heterocycles. The Morgan fingerprint density at radius 3 is 2.50 bits per heavy atom. The molecule has 2 aromatic rings. The van der Waals surface area contributed by atoms with Crippen LogP contribution in [0.15, 0.2) is 42.5 Å². The molecule has 0 bridgehead atoms. The molecule has 1 atom stereocenters. The SMILES string of the molecule is O=C1c2ccc(N3CC[S+]([O-])CC3)cc2CCN1C[C@H](O)CN1CCc2ccccc2C1. The first-order chi connectivity index (χ1) is 15.6. The zero-order valence-corrected chi connectivity index (χ0v) is 19.2. The van der Waals surface area contributed by atoms with Crippen molar-refractivity contribution in [2.24, 2.45) is 0 Å². The van der Waals surface area contributed by atoms with Crippen molar-refractivity contribution >= 4 is 22.8 Å². The van der Waals surface area contributed by atoms with Gasteiger partial charge in [-0.05, 0) is 47.7 Å². The molecule has 1 amide bonds. The Kier molecular flexibility index (Phi) is 6.42. The molecular formula is C25H31N3O3S. The fourth-order valence-electron chi connectivity index (χ4n) is 5.11. The third-order valence-electron chi connectivity index (χ3n) is 6.91. The highest BCUT2D eigenvalue weighted by Gasteiger charge is 2.28. The van der Waals surface area contributed by atoms with Gasteiger partial charge in [0.1, 0.15) is 11.5 Å². The van der Waals surface area contributed by atoms with Gasteiger partial charge in [-0.15, -0.1) is 0 Å². The van der Waals surface area contributed by atoms with Crippen LogP contribution in [0.2, 0.25) is 0 Å². The molecule has 3 heterocycles. The van der Waals surface area contributed by atoms with Crippen LogP contribution in [-0.4, -0.2) is 82.2 Å². The summed E-state index contributed by atoms with van der Waals surface area (Å²) in [6.07, 6.45) is 1.26. The number of benzene rings is 2. The van der Waals surface area contributed by atoms with Gasteiger partial charge >= 0.3 is 0 Å². The zero-order chi connectivity index (χ0) is 22.1. The van der Waals surface area contributed by atoms with E-state index in [2.05, 4.69) is 40.1 Å². The number of aliphatic hydroxyl groups is 1. The van der Waals surface area contributed by atoms with Gasteiger partial charge in [0.15, 0.2) is 0 Å². The predicted octanol–water partition coefficient (Wildman–Crippen LogP) is 1.67. The number of aliphatic hydroxyl groups excluding tert-OH is 1. The number of rotatable bonds is 5. The molecular weight excluding hydrogens is 422 g/mol. The quantitative estimate of drug-likeness (QED) is 0.698. The Labute approximate surface area is 193 Å². The Hall–Kier alpha value is -2.06. The van der Waals surface area contributed by atoms with Crippen molar-refractivity contribution in [3.05, 3.63) is 64.7 Å². The van der Waals surface area contributed by atoms with E-state index in [1.165, 1.54) is 11.1 Å². The van der Waals surface area contributed by atoms with Gasteiger partial charge in [0.05, 0.1) is 19.2 Å². The first kappa shape index (κ1) is 21.8. The van der Waals surface area contributed by atoms with Crippen molar-refractivity contribution in [1.82, 2.24) is 9.80 Å². The second-order valence-corrected chi connectivity index (χ2v) is 10.8. The molecule has 1 fully saturated rings. The molecule has 5 rings (SSSR count). The van der Waals surface area contributed by atoms with Crippen LogP contribution in [-0.2, 0) is 30.6 Å². The summed E-state index contributed by atoms with van der Waals surface area (Å²) < 4.78 is 11.6. The number of carbonyl (C=O) groups excluding carboxylic acids is 1. The molecule has 32 heavy (non-hydrogen) atoms. The molecule has 2 aromatic carbocycles. The number of carbonyl (C=O) groups is 1. The molecule has 1 saturated heterocycles. The number of fused-ring (bicyclic) bond motifs is 2. The van der Waals surface area contributed by atoms with Gasteiger partial charge in [0.2, 0.25) is 0 Å². The average Bonchev–Trinajstić information content (AvgIpc) is 2.81. The maximum absolute atomic E-state index is 13.1. The molecule has 0 aliphatic carbocycles. The van der Waals surface area contributed by atoms with E-state index in [1.807, 2.05) is 12.1 Å². The summed E-state index contributed by atoms with van der Waals surface area (Å²) in [6, 6.07) is 14.6. The molecule has 0 radical (unpaired) electrons. The van der Waals surface area contributed by atoms with Crippen LogP contribution in [0.4, 0.5) is 5.69 Å². The lowest BCUT2D eigenvalue weighted by atomic mass is 9.97. The van der Waals surface area contributed by atoms with E-state index in [0.717, 1.165) is 55.8 Å². The summed E-state index contributed by atoms with van der Waals surface area (Å²) in [7, 11) is 0. The van der Waals surface area contributed by atoms with Gasteiger partial charge in [-0.3, -0.25) is 9.69 Å². The Morgan fingerprint density at radius 2 is 1.69 bits per heavy atom. The lowest BCUT2D eigenvalue weighted by Crippen LogP contribution is -2.46. The second-order valence-electron chi connectivity index (χ2n) is 9.09. The summed E-state index contributed by atoms with van der Waals surface area (Å²) in [4.78, 5) is 19.4. The summed E-state index contributed by atoms with van der Waals surface area (Å²) in [5.41, 5.74) is 5.69. The Morgan fingerprint density at radius 1 is 0.938 bits per heavy atom. The second kappa shape index (κ2) is 9.43. The van der Waals surface area contributed by atoms with Crippen LogP contribution < -0.4 is 4.90 Å². The molecule has 170 valence electrons. The lowest BCUT2D eigenvalue weighted by Gasteiger charge is -2.35. The van der Waals surface area contributed by atoms with E-state index in [-0.39, 0.29) is 5.91 Å².